The lowest BCUT2D eigenvalue weighted by Crippen LogP contribution is -2.21. The van der Waals surface area contributed by atoms with Gasteiger partial charge in [-0.3, -0.25) is 18.8 Å². The van der Waals surface area contributed by atoms with Crippen LogP contribution in [0.2, 0.25) is 0 Å². The van der Waals surface area contributed by atoms with Crippen molar-refractivity contribution in [2.24, 2.45) is 14.1 Å². The average molecular weight is 467 g/mol. The van der Waals surface area contributed by atoms with E-state index in [0.717, 1.165) is 6.07 Å². The number of nitrogens with one attached hydrogen (secondary N) is 1. The summed E-state index contributed by atoms with van der Waals surface area (Å²) in [7, 11) is 4.81. The highest BCUT2D eigenvalue weighted by Crippen LogP contribution is 2.37. The first-order chi connectivity index (χ1) is 16.1. The number of aromatic nitrogens is 6. The first kappa shape index (κ1) is 21.7. The summed E-state index contributed by atoms with van der Waals surface area (Å²) in [6.45, 7) is 1.81. The van der Waals surface area contributed by atoms with E-state index in [1.807, 2.05) is 6.92 Å². The molecule has 1 N–H and O–H groups in total. The molecule has 0 radical (unpaired) electrons. The van der Waals surface area contributed by atoms with Crippen LogP contribution in [0.3, 0.4) is 0 Å². The second kappa shape index (κ2) is 7.44. The van der Waals surface area contributed by atoms with Crippen molar-refractivity contribution in [3.63, 3.8) is 0 Å². The van der Waals surface area contributed by atoms with Gasteiger partial charge in [0.05, 0.1) is 39.7 Å². The number of benzene rings is 1. The molecule has 5 aromatic rings. The van der Waals surface area contributed by atoms with Gasteiger partial charge in [0.15, 0.2) is 0 Å². The van der Waals surface area contributed by atoms with E-state index in [2.05, 4.69) is 20.4 Å². The van der Waals surface area contributed by atoms with E-state index in [-0.39, 0.29) is 11.5 Å². The summed E-state index contributed by atoms with van der Waals surface area (Å²) in [5, 5.41) is 7.46. The Kier molecular flexibility index (Phi) is 4.74. The number of fused-ring (bicyclic) bond motifs is 3. The number of pyridine rings is 2. The molecule has 0 amide bonds. The van der Waals surface area contributed by atoms with Gasteiger partial charge in [0.1, 0.15) is 5.82 Å². The number of alkyl halides is 3. The Morgan fingerprint density at radius 1 is 1.03 bits per heavy atom. The van der Waals surface area contributed by atoms with Gasteiger partial charge in [0, 0.05) is 44.5 Å². The van der Waals surface area contributed by atoms with Gasteiger partial charge in [-0.1, -0.05) is 6.07 Å². The second-order valence-electron chi connectivity index (χ2n) is 8.04. The third-order valence-corrected chi connectivity index (χ3v) is 5.88. The fourth-order valence-corrected chi connectivity index (χ4v) is 4.24. The van der Waals surface area contributed by atoms with E-state index in [1.54, 1.807) is 53.9 Å². The predicted molar refractivity (Wildman–Crippen MR) is 123 cm³/mol. The van der Waals surface area contributed by atoms with Crippen molar-refractivity contribution in [3.8, 4) is 16.8 Å². The van der Waals surface area contributed by atoms with Crippen LogP contribution in [0.25, 0.3) is 38.8 Å². The molecule has 0 atom stereocenters. The SMILES string of the molecule is CNc1ncc(-c2ccc3ncc4c(c3c2)n(-c2cn(C)nc2C)c(=O)n4C)cc1C(F)(F)F. The molecular formula is C23H20F3N7O. The molecule has 4 aromatic heterocycles. The summed E-state index contributed by atoms with van der Waals surface area (Å²) < 4.78 is 45.4. The molecule has 0 unspecified atom stereocenters. The van der Waals surface area contributed by atoms with E-state index < -0.39 is 11.7 Å². The summed E-state index contributed by atoms with van der Waals surface area (Å²) in [6, 6.07) is 6.22. The van der Waals surface area contributed by atoms with E-state index in [0.29, 0.717) is 44.4 Å². The quantitative estimate of drug-likeness (QED) is 0.433. The third-order valence-electron chi connectivity index (χ3n) is 5.88. The molecular weight excluding hydrogens is 447 g/mol. The number of nitrogens with zero attached hydrogens (tertiary/aromatic N) is 6. The Labute approximate surface area is 191 Å². The fourth-order valence-electron chi connectivity index (χ4n) is 4.24. The fraction of sp³-hybridized carbons (Fsp3) is 0.217. The monoisotopic (exact) mass is 467 g/mol. The predicted octanol–water partition coefficient (Wildman–Crippen LogP) is 4.04. The lowest BCUT2D eigenvalue weighted by molar-refractivity contribution is -0.137. The van der Waals surface area contributed by atoms with Gasteiger partial charge < -0.3 is 5.32 Å². The molecule has 8 nitrogen and oxygen atoms in total. The lowest BCUT2D eigenvalue weighted by Gasteiger charge is -2.13. The number of imidazole rings is 1. The van der Waals surface area contributed by atoms with Crippen LogP contribution in [-0.4, -0.2) is 35.9 Å². The zero-order valence-electron chi connectivity index (χ0n) is 18.8. The van der Waals surface area contributed by atoms with Gasteiger partial charge in [0.25, 0.3) is 0 Å². The molecule has 11 heteroatoms. The zero-order chi connectivity index (χ0) is 24.4. The highest BCUT2D eigenvalue weighted by molar-refractivity contribution is 6.04. The summed E-state index contributed by atoms with van der Waals surface area (Å²) in [5.41, 5.74) is 2.78. The van der Waals surface area contributed by atoms with Crippen LogP contribution in [0.15, 0.2) is 47.7 Å². The molecule has 0 aliphatic carbocycles. The number of hydrogen-bond donors (Lipinski definition) is 1. The van der Waals surface area contributed by atoms with Crippen LogP contribution in [0.5, 0.6) is 0 Å². The third kappa shape index (κ3) is 3.23. The molecule has 0 fully saturated rings. The normalized spacial score (nSPS) is 12.1. The number of aryl methyl sites for hydroxylation is 3. The Morgan fingerprint density at radius 3 is 2.44 bits per heavy atom. The van der Waals surface area contributed by atoms with Crippen LogP contribution >= 0.6 is 0 Å². The maximum atomic E-state index is 13.6. The van der Waals surface area contributed by atoms with E-state index in [1.165, 1.54) is 17.8 Å². The van der Waals surface area contributed by atoms with E-state index >= 15 is 0 Å². The maximum Gasteiger partial charge on any atom is 0.419 e. The first-order valence-electron chi connectivity index (χ1n) is 10.4. The minimum Gasteiger partial charge on any atom is -0.373 e. The summed E-state index contributed by atoms with van der Waals surface area (Å²) in [6.07, 6.45) is 0.193. The van der Waals surface area contributed by atoms with Crippen molar-refractivity contribution in [3.05, 3.63) is 64.6 Å². The standard InChI is InChI=1S/C23H20F3N7O/c1-12-19(11-31(3)30-12)33-20-15-7-13(5-6-17(15)28-10-18(20)32(4)22(33)34)14-8-16(23(24,25)26)21(27-2)29-9-14/h5-11H,1-4H3,(H,27,29). The molecule has 5 rings (SSSR count). The summed E-state index contributed by atoms with van der Waals surface area (Å²) in [5.74, 6) is -0.245. The molecule has 174 valence electrons. The van der Waals surface area contributed by atoms with Crippen molar-refractivity contribution in [2.45, 2.75) is 13.1 Å². The zero-order valence-corrected chi connectivity index (χ0v) is 18.8. The second-order valence-corrected chi connectivity index (χ2v) is 8.04. The Bertz CT molecular complexity index is 1640. The van der Waals surface area contributed by atoms with Crippen molar-refractivity contribution < 1.29 is 13.2 Å². The minimum atomic E-state index is -4.56. The number of anilines is 1. The van der Waals surface area contributed by atoms with Gasteiger partial charge in [-0.2, -0.15) is 18.3 Å². The molecule has 0 spiro atoms. The van der Waals surface area contributed by atoms with E-state index in [4.69, 9.17) is 0 Å². The van der Waals surface area contributed by atoms with Gasteiger partial charge in [0.2, 0.25) is 0 Å². The van der Waals surface area contributed by atoms with Crippen molar-refractivity contribution in [2.75, 3.05) is 12.4 Å². The summed E-state index contributed by atoms with van der Waals surface area (Å²) in [4.78, 5) is 21.6. The van der Waals surface area contributed by atoms with Gasteiger partial charge in [-0.25, -0.2) is 9.78 Å². The molecule has 1 aromatic carbocycles. The van der Waals surface area contributed by atoms with Crippen LogP contribution in [0, 0.1) is 6.92 Å². The van der Waals surface area contributed by atoms with Gasteiger partial charge >= 0.3 is 11.9 Å². The van der Waals surface area contributed by atoms with Crippen LogP contribution < -0.4 is 11.0 Å². The molecule has 0 bridgehead atoms. The van der Waals surface area contributed by atoms with Crippen LogP contribution in [0.4, 0.5) is 19.0 Å². The average Bonchev–Trinajstić information content (AvgIpc) is 3.27. The molecule has 0 aliphatic rings. The largest absolute Gasteiger partial charge is 0.419 e. The number of hydrogen-bond acceptors (Lipinski definition) is 5. The molecule has 0 saturated heterocycles. The van der Waals surface area contributed by atoms with Crippen molar-refractivity contribution in [1.82, 2.24) is 28.9 Å². The van der Waals surface area contributed by atoms with Gasteiger partial charge in [-0.05, 0) is 30.7 Å². The maximum absolute atomic E-state index is 13.6. The number of rotatable bonds is 3. The highest BCUT2D eigenvalue weighted by atomic mass is 19.4. The molecule has 4 heterocycles. The summed E-state index contributed by atoms with van der Waals surface area (Å²) >= 11 is 0. The Hall–Kier alpha value is -4.15. The van der Waals surface area contributed by atoms with E-state index in [9.17, 15) is 18.0 Å². The smallest absolute Gasteiger partial charge is 0.373 e. The minimum absolute atomic E-state index is 0.245. The van der Waals surface area contributed by atoms with Gasteiger partial charge in [-0.15, -0.1) is 0 Å². The molecule has 0 aliphatic heterocycles. The Balaban J connectivity index is 1.82. The topological polar surface area (TPSA) is 82.6 Å². The first-order valence-corrected chi connectivity index (χ1v) is 10.4. The van der Waals surface area contributed by atoms with Crippen LogP contribution in [0.1, 0.15) is 11.3 Å². The molecule has 34 heavy (non-hydrogen) atoms. The highest BCUT2D eigenvalue weighted by Gasteiger charge is 2.34. The molecule has 0 saturated carbocycles. The van der Waals surface area contributed by atoms with Crippen LogP contribution in [-0.2, 0) is 20.3 Å². The van der Waals surface area contributed by atoms with Crippen molar-refractivity contribution in [1.29, 1.82) is 0 Å². The Morgan fingerprint density at radius 2 is 1.79 bits per heavy atom. The number of halogens is 3. The van der Waals surface area contributed by atoms with Crippen molar-refractivity contribution >= 4 is 27.8 Å². The lowest BCUT2D eigenvalue weighted by atomic mass is 10.0.